The predicted octanol–water partition coefficient (Wildman–Crippen LogP) is 3.56. The summed E-state index contributed by atoms with van der Waals surface area (Å²) in [6.07, 6.45) is 4.41. The number of rotatable bonds is 3. The number of aromatic nitrogens is 2. The summed E-state index contributed by atoms with van der Waals surface area (Å²) < 4.78 is 5.38. The van der Waals surface area contributed by atoms with Crippen LogP contribution in [0.4, 0.5) is 5.82 Å². The quantitative estimate of drug-likeness (QED) is 0.609. The number of thioether (sulfide) groups is 1. The van der Waals surface area contributed by atoms with Gasteiger partial charge in [0, 0.05) is 18.0 Å². The minimum atomic E-state index is -0.435. The maximum atomic E-state index is 13.2. The zero-order chi connectivity index (χ0) is 20.1. The van der Waals surface area contributed by atoms with Crippen LogP contribution >= 0.6 is 11.8 Å². The molecule has 1 aliphatic carbocycles. The predicted molar refractivity (Wildman–Crippen MR) is 110 cm³/mol. The number of allylic oxidation sites excluding steroid dienone is 2. The van der Waals surface area contributed by atoms with E-state index in [4.69, 9.17) is 4.74 Å². The van der Waals surface area contributed by atoms with Crippen molar-refractivity contribution in [3.05, 3.63) is 57.5 Å². The van der Waals surface area contributed by atoms with Crippen molar-refractivity contribution < 1.29 is 9.53 Å². The highest BCUT2D eigenvalue weighted by atomic mass is 32.2. The molecule has 28 heavy (non-hydrogen) atoms. The van der Waals surface area contributed by atoms with Crippen molar-refractivity contribution in [2.45, 2.75) is 31.3 Å². The van der Waals surface area contributed by atoms with Gasteiger partial charge in [-0.3, -0.25) is 9.59 Å². The van der Waals surface area contributed by atoms with Crippen LogP contribution in [0.3, 0.4) is 0 Å². The number of carbonyl (C=O) groups is 1. The van der Waals surface area contributed by atoms with Gasteiger partial charge in [-0.25, -0.2) is 4.98 Å². The van der Waals surface area contributed by atoms with Gasteiger partial charge in [0.05, 0.1) is 18.6 Å². The molecule has 0 radical (unpaired) electrons. The van der Waals surface area contributed by atoms with Crippen molar-refractivity contribution in [3.63, 3.8) is 0 Å². The topological polar surface area (TPSA) is 84.1 Å². The molecule has 2 aliphatic rings. The number of benzene rings is 1. The Kier molecular flexibility index (Phi) is 4.57. The summed E-state index contributed by atoms with van der Waals surface area (Å²) in [5.74, 6) is 0.497. The Morgan fingerprint density at radius 1 is 1.25 bits per heavy atom. The van der Waals surface area contributed by atoms with Gasteiger partial charge in [-0.05, 0) is 29.4 Å². The second-order valence-electron chi connectivity index (χ2n) is 7.93. The lowest BCUT2D eigenvalue weighted by molar-refractivity contribution is -0.124. The van der Waals surface area contributed by atoms with Gasteiger partial charge in [-0.2, -0.15) is 0 Å². The minimum absolute atomic E-state index is 0.127. The molecule has 2 atom stereocenters. The SMILES string of the molecule is COc1cccc(C2c3c(nc(SC)[nH]c3=O)NC3=CC(C)(C)CC(=O)C32)c1. The Morgan fingerprint density at radius 3 is 2.75 bits per heavy atom. The van der Waals surface area contributed by atoms with Gasteiger partial charge in [0.25, 0.3) is 5.56 Å². The third kappa shape index (κ3) is 3.13. The average Bonchev–Trinajstić information content (AvgIpc) is 2.65. The van der Waals surface area contributed by atoms with Gasteiger partial charge in [-0.1, -0.05) is 43.8 Å². The van der Waals surface area contributed by atoms with Crippen molar-refractivity contribution in [1.29, 1.82) is 0 Å². The molecule has 0 amide bonds. The van der Waals surface area contributed by atoms with Gasteiger partial charge < -0.3 is 15.0 Å². The molecule has 4 rings (SSSR count). The summed E-state index contributed by atoms with van der Waals surface area (Å²) in [6.45, 7) is 4.09. The first-order valence-corrected chi connectivity index (χ1v) is 10.4. The molecule has 0 saturated heterocycles. The van der Waals surface area contributed by atoms with E-state index in [1.165, 1.54) is 11.8 Å². The Bertz CT molecular complexity index is 1040. The van der Waals surface area contributed by atoms with Crippen LogP contribution in [-0.4, -0.2) is 29.1 Å². The molecule has 2 N–H and O–H groups in total. The number of H-pyrrole nitrogens is 1. The number of ether oxygens (including phenoxy) is 1. The molecule has 0 fully saturated rings. The van der Waals surface area contributed by atoms with Gasteiger partial charge in [-0.15, -0.1) is 0 Å². The van der Waals surface area contributed by atoms with Crippen molar-refractivity contribution in [2.75, 3.05) is 18.7 Å². The summed E-state index contributed by atoms with van der Waals surface area (Å²) >= 11 is 1.38. The number of ketones is 1. The van der Waals surface area contributed by atoms with Gasteiger partial charge in [0.1, 0.15) is 17.4 Å². The molecule has 2 aromatic rings. The monoisotopic (exact) mass is 397 g/mol. The number of nitrogens with zero attached hydrogens (tertiary/aromatic N) is 1. The van der Waals surface area contributed by atoms with E-state index in [9.17, 15) is 9.59 Å². The van der Waals surface area contributed by atoms with E-state index in [0.29, 0.717) is 28.7 Å². The molecule has 146 valence electrons. The molecule has 6 nitrogen and oxygen atoms in total. The maximum absolute atomic E-state index is 13.2. The summed E-state index contributed by atoms with van der Waals surface area (Å²) in [5, 5.41) is 3.84. The van der Waals surface area contributed by atoms with E-state index in [0.717, 1.165) is 11.3 Å². The fourth-order valence-electron chi connectivity index (χ4n) is 4.21. The molecule has 1 aromatic heterocycles. The molecular formula is C21H23N3O3S. The van der Waals surface area contributed by atoms with Crippen LogP contribution in [0.15, 0.2) is 46.0 Å². The van der Waals surface area contributed by atoms with Crippen LogP contribution in [0.5, 0.6) is 5.75 Å². The minimum Gasteiger partial charge on any atom is -0.497 e. The van der Waals surface area contributed by atoms with Crippen LogP contribution < -0.4 is 15.6 Å². The number of carbonyl (C=O) groups excluding carboxylic acids is 1. The number of fused-ring (bicyclic) bond motifs is 2. The Labute approximate surface area is 167 Å². The summed E-state index contributed by atoms with van der Waals surface area (Å²) in [5.41, 5.74) is 1.74. The fourth-order valence-corrected chi connectivity index (χ4v) is 4.59. The van der Waals surface area contributed by atoms with Crippen LogP contribution in [0, 0.1) is 11.3 Å². The second kappa shape index (κ2) is 6.81. The fraction of sp³-hybridized carbons (Fsp3) is 0.381. The van der Waals surface area contributed by atoms with E-state index >= 15 is 0 Å². The number of hydrogen-bond donors (Lipinski definition) is 2. The van der Waals surface area contributed by atoms with Gasteiger partial charge in [0.2, 0.25) is 0 Å². The largest absolute Gasteiger partial charge is 0.497 e. The first-order valence-electron chi connectivity index (χ1n) is 9.17. The highest BCUT2D eigenvalue weighted by Gasteiger charge is 2.45. The van der Waals surface area contributed by atoms with Crippen LogP contribution in [0.2, 0.25) is 0 Å². The van der Waals surface area contributed by atoms with Crippen molar-refractivity contribution in [3.8, 4) is 5.75 Å². The van der Waals surface area contributed by atoms with E-state index < -0.39 is 11.8 Å². The Hall–Kier alpha value is -2.54. The Morgan fingerprint density at radius 2 is 2.04 bits per heavy atom. The summed E-state index contributed by atoms with van der Waals surface area (Å²) in [4.78, 5) is 33.6. The molecule has 0 bridgehead atoms. The zero-order valence-corrected chi connectivity index (χ0v) is 17.1. The number of anilines is 1. The smallest absolute Gasteiger partial charge is 0.257 e. The van der Waals surface area contributed by atoms with Crippen LogP contribution in [0.1, 0.15) is 37.3 Å². The highest BCUT2D eigenvalue weighted by Crippen LogP contribution is 2.48. The molecule has 2 unspecified atom stereocenters. The van der Waals surface area contributed by atoms with E-state index in [2.05, 4.69) is 21.4 Å². The van der Waals surface area contributed by atoms with Crippen molar-refractivity contribution >= 4 is 23.4 Å². The number of hydrogen-bond acceptors (Lipinski definition) is 6. The zero-order valence-electron chi connectivity index (χ0n) is 16.3. The summed E-state index contributed by atoms with van der Waals surface area (Å²) in [7, 11) is 1.61. The highest BCUT2D eigenvalue weighted by molar-refractivity contribution is 7.98. The first-order chi connectivity index (χ1) is 13.3. The van der Waals surface area contributed by atoms with Crippen LogP contribution in [-0.2, 0) is 4.79 Å². The number of nitrogens with one attached hydrogen (secondary N) is 2. The maximum Gasteiger partial charge on any atom is 0.257 e. The average molecular weight is 398 g/mol. The van der Waals surface area contributed by atoms with E-state index in [1.807, 2.05) is 44.4 Å². The number of aromatic amines is 1. The normalized spacial score (nSPS) is 22.6. The second-order valence-corrected chi connectivity index (χ2v) is 8.72. The lowest BCUT2D eigenvalue weighted by Crippen LogP contribution is -2.41. The van der Waals surface area contributed by atoms with Gasteiger partial charge >= 0.3 is 0 Å². The number of methoxy groups -OCH3 is 1. The summed E-state index contributed by atoms with van der Waals surface area (Å²) in [6, 6.07) is 7.57. The lowest BCUT2D eigenvalue weighted by Gasteiger charge is -2.40. The molecular weight excluding hydrogens is 374 g/mol. The lowest BCUT2D eigenvalue weighted by atomic mass is 9.67. The van der Waals surface area contributed by atoms with Crippen molar-refractivity contribution in [1.82, 2.24) is 9.97 Å². The molecule has 0 saturated carbocycles. The van der Waals surface area contributed by atoms with E-state index in [-0.39, 0.29) is 16.8 Å². The van der Waals surface area contributed by atoms with Crippen molar-refractivity contribution in [2.24, 2.45) is 11.3 Å². The molecule has 2 heterocycles. The molecule has 1 aromatic carbocycles. The third-order valence-corrected chi connectivity index (χ3v) is 5.92. The third-order valence-electron chi connectivity index (χ3n) is 5.34. The van der Waals surface area contributed by atoms with E-state index in [1.54, 1.807) is 7.11 Å². The Balaban J connectivity index is 1.98. The first kappa shape index (κ1) is 18.8. The molecule has 1 aliphatic heterocycles. The van der Waals surface area contributed by atoms with Gasteiger partial charge in [0.15, 0.2) is 5.16 Å². The van der Waals surface area contributed by atoms with Crippen LogP contribution in [0.25, 0.3) is 0 Å². The number of Topliss-reactive ketones (excluding diaryl/α,β-unsaturated/α-hetero) is 1. The molecule has 0 spiro atoms. The standard InChI is InChI=1S/C21H23N3O3S/c1-21(2)9-13-16(14(25)10-21)15(11-6-5-7-12(8-11)27-3)17-18(22-13)23-20(28-4)24-19(17)26/h5-9,15-16H,10H2,1-4H3,(H2,22,23,24,26). The molecule has 7 heteroatoms.